The van der Waals surface area contributed by atoms with E-state index in [4.69, 9.17) is 32.7 Å². The van der Waals surface area contributed by atoms with Gasteiger partial charge in [0.2, 0.25) is 17.7 Å². The molecule has 2 bridgehead atoms. The lowest BCUT2D eigenvalue weighted by molar-refractivity contribution is -0.164. The average molecular weight is 942 g/mol. The van der Waals surface area contributed by atoms with Crippen LogP contribution in [0.25, 0.3) is 11.3 Å². The standard InChI is InChI=1S/C48H57Cl2F3N6O6/c1-30-40(60)20-35(28-64-6)44(62)56-47(23-31-8-13-36(49)14-9-31)18-7-19-58(29-47)45(63)34(24-48(51,52)53)21-43(61)59(30)27-33-10-15-37(50)22-41(33)65-38-16-11-32(12-17-38)39-25-54-42(57(39)5)26-55-46(2,3)4/h8-17,22,25,30,34-35,55H,7,18-21,23-24,26-29H2,1-6H3,(H,56,62)/t30-,34-,35-,47+/m0/s1. The minimum atomic E-state index is -4.80. The molecule has 0 spiro atoms. The lowest BCUT2D eigenvalue weighted by Gasteiger charge is -2.45. The number of rotatable bonds is 12. The van der Waals surface area contributed by atoms with Crippen LogP contribution in [0.1, 0.15) is 76.8 Å². The number of benzene rings is 3. The van der Waals surface area contributed by atoms with Gasteiger partial charge in [0.1, 0.15) is 17.3 Å². The zero-order valence-electron chi connectivity index (χ0n) is 37.6. The van der Waals surface area contributed by atoms with Gasteiger partial charge in [-0.1, -0.05) is 41.4 Å². The molecule has 17 heteroatoms. The second-order valence-corrected chi connectivity index (χ2v) is 19.2. The number of hydrogen-bond donors (Lipinski definition) is 2. The molecule has 350 valence electrons. The van der Waals surface area contributed by atoms with Crippen LogP contribution in [-0.2, 0) is 50.5 Å². The van der Waals surface area contributed by atoms with Gasteiger partial charge in [0, 0.05) is 66.8 Å². The van der Waals surface area contributed by atoms with Crippen molar-refractivity contribution in [2.24, 2.45) is 18.9 Å². The van der Waals surface area contributed by atoms with Crippen molar-refractivity contribution in [1.82, 2.24) is 30.0 Å². The fraction of sp³-hybridized carbons (Fsp3) is 0.479. The number of piperidine rings is 1. The van der Waals surface area contributed by atoms with E-state index in [0.717, 1.165) is 27.5 Å². The Bertz CT molecular complexity index is 2330. The predicted octanol–water partition coefficient (Wildman–Crippen LogP) is 8.71. The van der Waals surface area contributed by atoms with E-state index in [1.807, 2.05) is 23.7 Å². The number of carbonyl (C=O) groups is 4. The minimum Gasteiger partial charge on any atom is -0.457 e. The van der Waals surface area contributed by atoms with Crippen molar-refractivity contribution in [3.8, 4) is 22.8 Å². The summed E-state index contributed by atoms with van der Waals surface area (Å²) in [5, 5.41) is 7.36. The Morgan fingerprint density at radius 3 is 2.29 bits per heavy atom. The largest absolute Gasteiger partial charge is 0.457 e. The van der Waals surface area contributed by atoms with Crippen LogP contribution in [0.15, 0.2) is 72.9 Å². The molecule has 3 heterocycles. The number of amides is 3. The topological polar surface area (TPSA) is 135 Å². The summed E-state index contributed by atoms with van der Waals surface area (Å²) in [6.45, 7) is 7.88. The first-order chi connectivity index (χ1) is 30.6. The van der Waals surface area contributed by atoms with Gasteiger partial charge in [-0.15, -0.1) is 0 Å². The van der Waals surface area contributed by atoms with E-state index in [-0.39, 0.29) is 50.4 Å². The Balaban J connectivity index is 1.31. The molecule has 2 N–H and O–H groups in total. The van der Waals surface area contributed by atoms with E-state index in [0.29, 0.717) is 40.7 Å². The maximum atomic E-state index is 14.5. The Labute approximate surface area is 388 Å². The Morgan fingerprint density at radius 1 is 0.938 bits per heavy atom. The highest BCUT2D eigenvalue weighted by Crippen LogP contribution is 2.36. The number of halogens is 5. The van der Waals surface area contributed by atoms with E-state index in [2.05, 4.69) is 36.4 Å². The van der Waals surface area contributed by atoms with Crippen LogP contribution < -0.4 is 15.4 Å². The number of aromatic nitrogens is 2. The number of nitrogens with zero attached hydrogens (tertiary/aromatic N) is 4. The first kappa shape index (κ1) is 49.5. The summed E-state index contributed by atoms with van der Waals surface area (Å²) in [4.78, 5) is 64.5. The highest BCUT2D eigenvalue weighted by atomic mass is 35.5. The molecule has 1 aromatic heterocycles. The van der Waals surface area contributed by atoms with Crippen molar-refractivity contribution in [1.29, 1.82) is 0 Å². The van der Waals surface area contributed by atoms with E-state index >= 15 is 0 Å². The van der Waals surface area contributed by atoms with Crippen molar-refractivity contribution < 1.29 is 41.8 Å². The van der Waals surface area contributed by atoms with Crippen LogP contribution in [0.2, 0.25) is 10.0 Å². The second-order valence-electron chi connectivity index (χ2n) is 18.3. The summed E-state index contributed by atoms with van der Waals surface area (Å²) in [5.41, 5.74) is 1.75. The van der Waals surface area contributed by atoms with E-state index in [9.17, 15) is 32.3 Å². The molecule has 0 unspecified atom stereocenters. The Hall–Kier alpha value is -4.96. The highest BCUT2D eigenvalue weighted by molar-refractivity contribution is 6.31. The van der Waals surface area contributed by atoms with E-state index in [1.165, 1.54) is 18.9 Å². The maximum Gasteiger partial charge on any atom is 0.389 e. The zero-order chi connectivity index (χ0) is 47.3. The van der Waals surface area contributed by atoms with Crippen molar-refractivity contribution in [3.63, 3.8) is 0 Å². The molecule has 12 nitrogen and oxygen atoms in total. The molecule has 2 aliphatic rings. The number of ketones is 1. The van der Waals surface area contributed by atoms with Gasteiger partial charge in [-0.2, -0.15) is 13.2 Å². The minimum absolute atomic E-state index is 0.0878. The number of hydrogen-bond acceptors (Lipinski definition) is 8. The van der Waals surface area contributed by atoms with Crippen LogP contribution in [-0.4, -0.2) is 93.0 Å². The molecule has 0 radical (unpaired) electrons. The van der Waals surface area contributed by atoms with Crippen LogP contribution >= 0.6 is 23.2 Å². The Morgan fingerprint density at radius 2 is 1.63 bits per heavy atom. The molecule has 3 aromatic carbocycles. The molecule has 2 fully saturated rings. The fourth-order valence-corrected chi connectivity index (χ4v) is 8.81. The van der Waals surface area contributed by atoms with Gasteiger partial charge < -0.3 is 34.5 Å². The van der Waals surface area contributed by atoms with Crippen molar-refractivity contribution in [3.05, 3.63) is 99.9 Å². The van der Waals surface area contributed by atoms with Crippen LogP contribution in [0.5, 0.6) is 11.5 Å². The number of ether oxygens (including phenoxy) is 2. The first-order valence-electron chi connectivity index (χ1n) is 21.7. The van der Waals surface area contributed by atoms with Gasteiger partial charge in [0.05, 0.1) is 61.4 Å². The van der Waals surface area contributed by atoms with Gasteiger partial charge in [0.15, 0.2) is 5.78 Å². The van der Waals surface area contributed by atoms with Crippen molar-refractivity contribution in [2.45, 2.75) is 103 Å². The fourth-order valence-electron chi connectivity index (χ4n) is 8.52. The number of fused-ring (bicyclic) bond motifs is 2. The van der Waals surface area contributed by atoms with Crippen LogP contribution in [0.4, 0.5) is 13.2 Å². The maximum absolute atomic E-state index is 14.5. The quantitative estimate of drug-likeness (QED) is 0.144. The zero-order valence-corrected chi connectivity index (χ0v) is 39.1. The molecule has 3 amide bonds. The lowest BCUT2D eigenvalue weighted by atomic mass is 9.81. The third-order valence-corrected chi connectivity index (χ3v) is 12.5. The number of imidazole rings is 1. The molecule has 2 aliphatic heterocycles. The van der Waals surface area contributed by atoms with Crippen molar-refractivity contribution in [2.75, 3.05) is 26.8 Å². The monoisotopic (exact) mass is 940 g/mol. The smallest absolute Gasteiger partial charge is 0.389 e. The van der Waals surface area contributed by atoms with Crippen molar-refractivity contribution >= 4 is 46.7 Å². The molecule has 0 aliphatic carbocycles. The van der Waals surface area contributed by atoms with Crippen LogP contribution in [0, 0.1) is 11.8 Å². The van der Waals surface area contributed by atoms with Gasteiger partial charge >= 0.3 is 6.18 Å². The molecule has 0 saturated carbocycles. The summed E-state index contributed by atoms with van der Waals surface area (Å²) < 4.78 is 56.8. The summed E-state index contributed by atoms with van der Waals surface area (Å²) in [7, 11) is 3.35. The third-order valence-electron chi connectivity index (χ3n) is 12.0. The van der Waals surface area contributed by atoms with Gasteiger partial charge in [-0.25, -0.2) is 4.98 Å². The van der Waals surface area contributed by atoms with Gasteiger partial charge in [0.25, 0.3) is 0 Å². The lowest BCUT2D eigenvalue weighted by Crippen LogP contribution is -2.63. The Kier molecular flexibility index (Phi) is 15.7. The molecule has 2 saturated heterocycles. The first-order valence-corrected chi connectivity index (χ1v) is 22.4. The molecular formula is C48H57Cl2F3N6O6. The summed E-state index contributed by atoms with van der Waals surface area (Å²) in [5.74, 6) is -4.03. The summed E-state index contributed by atoms with van der Waals surface area (Å²) in [6.07, 6.45) is -4.72. The normalized spacial score (nSPS) is 21.6. The predicted molar refractivity (Wildman–Crippen MR) is 242 cm³/mol. The van der Waals surface area contributed by atoms with E-state index < -0.39 is 65.9 Å². The summed E-state index contributed by atoms with van der Waals surface area (Å²) in [6, 6.07) is 17.7. The number of nitrogens with one attached hydrogen (secondary N) is 2. The van der Waals surface area contributed by atoms with Gasteiger partial charge in [-0.05, 0) is 101 Å². The number of alkyl halides is 3. The second kappa shape index (κ2) is 20.7. The SMILES string of the molecule is COC[C@@H]1CC(=O)[C@H](C)N(Cc2ccc(Cl)cc2Oc2ccc(-c3cnc(CNC(C)(C)C)n3C)cc2)C(=O)C[C@@H](CC(F)(F)F)C(=O)N2CCC[C@@](Cc3ccc(Cl)cc3)(C2)NC1=O. The highest BCUT2D eigenvalue weighted by Gasteiger charge is 2.45. The molecule has 6 rings (SSSR count). The number of carbonyl (C=O) groups excluding carboxylic acids is 4. The number of methoxy groups -OCH3 is 1. The molecule has 65 heavy (non-hydrogen) atoms. The third kappa shape index (κ3) is 13.1. The molecule has 4 aromatic rings. The van der Waals surface area contributed by atoms with Crippen LogP contribution in [0.3, 0.4) is 0 Å². The van der Waals surface area contributed by atoms with E-state index in [1.54, 1.807) is 60.8 Å². The average Bonchev–Trinajstić information content (AvgIpc) is 3.61. The molecular weight excluding hydrogens is 884 g/mol. The summed E-state index contributed by atoms with van der Waals surface area (Å²) >= 11 is 12.6. The molecule has 4 atom stereocenters. The van der Waals surface area contributed by atoms with Gasteiger partial charge in [-0.3, -0.25) is 19.2 Å². The number of Topliss-reactive ketones (excluding diaryl/α,β-unsaturated/α-hetero) is 1.